The number of carbonyl (C=O) groups is 1. The zero-order chi connectivity index (χ0) is 16.0. The van der Waals surface area contributed by atoms with Gasteiger partial charge in [-0.3, -0.25) is 0 Å². The van der Waals surface area contributed by atoms with Gasteiger partial charge in [0.2, 0.25) is 0 Å². The number of rotatable bonds is 1. The number of hydrogen-bond donors (Lipinski definition) is 1. The highest BCUT2D eigenvalue weighted by Crippen LogP contribution is 2.17. The fourth-order valence-electron chi connectivity index (χ4n) is 1.88. The van der Waals surface area contributed by atoms with Gasteiger partial charge in [0, 0.05) is 18.9 Å². The molecule has 1 N–H and O–H groups in total. The lowest BCUT2D eigenvalue weighted by molar-refractivity contribution is -0.136. The SMILES string of the molecule is CC[C@H]1[CH][CH]CC=CC=C[CH]COC(=O)C=CC=C[CH][C@H]1O. The van der Waals surface area contributed by atoms with Crippen molar-refractivity contribution in [2.24, 2.45) is 5.92 Å². The molecule has 3 nitrogen and oxygen atoms in total. The minimum atomic E-state index is -0.532. The number of ether oxygens (including phenoxy) is 1. The minimum Gasteiger partial charge on any atom is -0.462 e. The number of cyclic esters (lactones) is 1. The third-order valence-electron chi connectivity index (χ3n) is 3.14. The average molecular weight is 300 g/mol. The van der Waals surface area contributed by atoms with Crippen molar-refractivity contribution >= 4 is 5.97 Å². The lowest BCUT2D eigenvalue weighted by Crippen LogP contribution is -2.20. The summed E-state index contributed by atoms with van der Waals surface area (Å²) in [6.45, 7) is 2.30. The van der Waals surface area contributed by atoms with Crippen LogP contribution in [0.2, 0.25) is 0 Å². The Kier molecular flexibility index (Phi) is 10.0. The smallest absolute Gasteiger partial charge is 0.330 e. The number of allylic oxidation sites excluding steroid dienone is 5. The number of aliphatic hydroxyl groups is 1. The molecule has 1 heterocycles. The van der Waals surface area contributed by atoms with E-state index in [4.69, 9.17) is 4.74 Å². The summed E-state index contributed by atoms with van der Waals surface area (Å²) < 4.78 is 4.98. The van der Waals surface area contributed by atoms with E-state index in [0.29, 0.717) is 0 Å². The summed E-state index contributed by atoms with van der Waals surface area (Å²) in [6.07, 6.45) is 22.9. The standard InChI is InChI=1S/C19H24O3/c1-2-17-13-9-6-4-3-5-7-12-16-22-19(21)15-11-8-10-14-18(17)20/h3-5,7-15,17-18,20H,2,6,16H2,1H3/t17-,18+/m0/s1. The molecule has 0 aromatic carbocycles. The van der Waals surface area contributed by atoms with E-state index in [0.717, 1.165) is 12.8 Å². The predicted molar refractivity (Wildman–Crippen MR) is 89.1 cm³/mol. The molecule has 4 radical (unpaired) electrons. The summed E-state index contributed by atoms with van der Waals surface area (Å²) in [4.78, 5) is 11.4. The topological polar surface area (TPSA) is 46.5 Å². The van der Waals surface area contributed by atoms with Crippen molar-refractivity contribution in [3.8, 4) is 0 Å². The van der Waals surface area contributed by atoms with Crippen molar-refractivity contribution in [3.63, 3.8) is 0 Å². The molecule has 0 aliphatic carbocycles. The molecule has 0 saturated heterocycles. The van der Waals surface area contributed by atoms with Crippen LogP contribution >= 0.6 is 0 Å². The molecule has 22 heavy (non-hydrogen) atoms. The highest BCUT2D eigenvalue weighted by molar-refractivity contribution is 5.82. The van der Waals surface area contributed by atoms with E-state index < -0.39 is 6.10 Å². The zero-order valence-corrected chi connectivity index (χ0v) is 13.0. The molecule has 0 unspecified atom stereocenters. The molecule has 0 bridgehead atoms. The van der Waals surface area contributed by atoms with Gasteiger partial charge in [-0.1, -0.05) is 55.9 Å². The van der Waals surface area contributed by atoms with Crippen molar-refractivity contribution in [2.45, 2.75) is 25.9 Å². The number of esters is 1. The van der Waals surface area contributed by atoms with Crippen molar-refractivity contribution in [2.75, 3.05) is 6.61 Å². The van der Waals surface area contributed by atoms with Crippen LogP contribution in [-0.4, -0.2) is 23.8 Å². The first-order valence-corrected chi connectivity index (χ1v) is 7.58. The minimum absolute atomic E-state index is 0.0924. The fraction of sp³-hybridized carbons (Fsp3) is 0.316. The van der Waals surface area contributed by atoms with E-state index in [-0.39, 0.29) is 18.5 Å². The Hall–Kier alpha value is -1.61. The summed E-state index contributed by atoms with van der Waals surface area (Å²) in [7, 11) is 0. The van der Waals surface area contributed by atoms with Crippen LogP contribution in [0.5, 0.6) is 0 Å². The Morgan fingerprint density at radius 1 is 1.09 bits per heavy atom. The van der Waals surface area contributed by atoms with Gasteiger partial charge >= 0.3 is 5.97 Å². The summed E-state index contributed by atoms with van der Waals surface area (Å²) in [6, 6.07) is 0. The normalized spacial score (nSPS) is 25.5. The Balaban J connectivity index is 2.59. The van der Waals surface area contributed by atoms with Crippen LogP contribution in [0, 0.1) is 31.6 Å². The number of hydrogen-bond acceptors (Lipinski definition) is 3. The molecule has 1 rings (SSSR count). The molecular weight excluding hydrogens is 276 g/mol. The Bertz CT molecular complexity index is 418. The van der Waals surface area contributed by atoms with Crippen LogP contribution in [0.3, 0.4) is 0 Å². The Morgan fingerprint density at radius 3 is 2.73 bits per heavy atom. The second-order valence-corrected chi connectivity index (χ2v) is 4.84. The second kappa shape index (κ2) is 12.0. The van der Waals surface area contributed by atoms with E-state index in [2.05, 4.69) is 6.42 Å². The molecule has 0 amide bonds. The monoisotopic (exact) mass is 300 g/mol. The van der Waals surface area contributed by atoms with Gasteiger partial charge in [0.15, 0.2) is 0 Å². The van der Waals surface area contributed by atoms with Gasteiger partial charge in [-0.15, -0.1) is 0 Å². The largest absolute Gasteiger partial charge is 0.462 e. The van der Waals surface area contributed by atoms with Gasteiger partial charge in [0.1, 0.15) is 0 Å². The van der Waals surface area contributed by atoms with Gasteiger partial charge in [0.25, 0.3) is 0 Å². The van der Waals surface area contributed by atoms with Crippen molar-refractivity contribution < 1.29 is 14.6 Å². The van der Waals surface area contributed by atoms with Crippen LogP contribution in [0.4, 0.5) is 0 Å². The zero-order valence-electron chi connectivity index (χ0n) is 13.0. The lowest BCUT2D eigenvalue weighted by atomic mass is 9.91. The molecule has 0 spiro atoms. The Morgan fingerprint density at radius 2 is 1.91 bits per heavy atom. The molecule has 1 aliphatic rings. The molecule has 3 heteroatoms. The predicted octanol–water partition coefficient (Wildman–Crippen LogP) is 3.36. The van der Waals surface area contributed by atoms with E-state index in [1.165, 1.54) is 6.08 Å². The van der Waals surface area contributed by atoms with E-state index >= 15 is 0 Å². The van der Waals surface area contributed by atoms with E-state index in [1.807, 2.05) is 37.6 Å². The maximum Gasteiger partial charge on any atom is 0.330 e. The van der Waals surface area contributed by atoms with Crippen LogP contribution < -0.4 is 0 Å². The van der Waals surface area contributed by atoms with Crippen LogP contribution in [0.1, 0.15) is 19.8 Å². The molecule has 0 aromatic rings. The van der Waals surface area contributed by atoms with Crippen LogP contribution in [0.15, 0.2) is 48.6 Å². The van der Waals surface area contributed by atoms with Crippen molar-refractivity contribution in [3.05, 3.63) is 74.3 Å². The summed E-state index contributed by atoms with van der Waals surface area (Å²) >= 11 is 0. The van der Waals surface area contributed by atoms with Gasteiger partial charge in [0.05, 0.1) is 12.7 Å². The van der Waals surface area contributed by atoms with Gasteiger partial charge in [-0.25, -0.2) is 4.79 Å². The molecule has 0 aromatic heterocycles. The Labute approximate surface area is 134 Å². The third kappa shape index (κ3) is 8.63. The molecule has 0 saturated carbocycles. The first-order valence-electron chi connectivity index (χ1n) is 7.58. The number of aliphatic hydroxyl groups excluding tert-OH is 1. The maximum absolute atomic E-state index is 11.4. The molecule has 1 aliphatic heterocycles. The highest BCUT2D eigenvalue weighted by Gasteiger charge is 2.15. The second-order valence-electron chi connectivity index (χ2n) is 4.84. The molecular formula is C19H24O3. The molecule has 118 valence electrons. The van der Waals surface area contributed by atoms with Gasteiger partial charge in [-0.2, -0.15) is 0 Å². The molecule has 2 atom stereocenters. The van der Waals surface area contributed by atoms with Crippen molar-refractivity contribution in [1.29, 1.82) is 0 Å². The van der Waals surface area contributed by atoms with E-state index in [1.54, 1.807) is 31.1 Å². The summed E-state index contributed by atoms with van der Waals surface area (Å²) in [5, 5.41) is 10.1. The van der Waals surface area contributed by atoms with Gasteiger partial charge in [-0.05, 0) is 25.2 Å². The maximum atomic E-state index is 11.4. The third-order valence-corrected chi connectivity index (χ3v) is 3.14. The summed E-state index contributed by atoms with van der Waals surface area (Å²) in [5.74, 6) is -0.296. The van der Waals surface area contributed by atoms with Crippen LogP contribution in [0.25, 0.3) is 0 Å². The lowest BCUT2D eigenvalue weighted by Gasteiger charge is -2.19. The van der Waals surface area contributed by atoms with Gasteiger partial charge < -0.3 is 9.84 Å². The van der Waals surface area contributed by atoms with Crippen LogP contribution in [-0.2, 0) is 9.53 Å². The first-order chi connectivity index (χ1) is 10.7. The first kappa shape index (κ1) is 18.4. The molecule has 0 fully saturated rings. The fourth-order valence-corrected chi connectivity index (χ4v) is 1.88. The van der Waals surface area contributed by atoms with E-state index in [9.17, 15) is 9.90 Å². The summed E-state index contributed by atoms with van der Waals surface area (Å²) in [5.41, 5.74) is 0. The number of carbonyl (C=O) groups excluding carboxylic acids is 1. The highest BCUT2D eigenvalue weighted by atomic mass is 16.5. The average Bonchev–Trinajstić information content (AvgIpc) is 2.51. The quantitative estimate of drug-likeness (QED) is 0.755. The van der Waals surface area contributed by atoms with Crippen molar-refractivity contribution in [1.82, 2.24) is 0 Å².